The van der Waals surface area contributed by atoms with Crippen molar-refractivity contribution in [2.45, 2.75) is 55.1 Å². The number of amides is 2. The quantitative estimate of drug-likeness (QED) is 0.674. The van der Waals surface area contributed by atoms with E-state index in [4.69, 9.17) is 32.7 Å². The Bertz CT molecular complexity index is 1130. The molecule has 2 bridgehead atoms. The van der Waals surface area contributed by atoms with Gasteiger partial charge in [-0.3, -0.25) is 9.69 Å². The smallest absolute Gasteiger partial charge is 0.411 e. The lowest BCUT2D eigenvalue weighted by Crippen LogP contribution is -2.84. The molecule has 5 aliphatic rings. The predicted molar refractivity (Wildman–Crippen MR) is 120 cm³/mol. The van der Waals surface area contributed by atoms with Gasteiger partial charge in [0.2, 0.25) is 0 Å². The highest BCUT2D eigenvalue weighted by molar-refractivity contribution is 6.30. The van der Waals surface area contributed by atoms with E-state index in [0.717, 1.165) is 5.56 Å². The van der Waals surface area contributed by atoms with Crippen molar-refractivity contribution in [1.29, 1.82) is 0 Å². The summed E-state index contributed by atoms with van der Waals surface area (Å²) in [5.41, 5.74) is 0.921. The Morgan fingerprint density at radius 2 is 1.76 bits per heavy atom. The fourth-order valence-electron chi connectivity index (χ4n) is 5.77. The van der Waals surface area contributed by atoms with Gasteiger partial charge in [0.05, 0.1) is 18.2 Å². The minimum absolute atomic E-state index is 0.168. The molecule has 9 heteroatoms. The molecule has 33 heavy (non-hydrogen) atoms. The Kier molecular flexibility index (Phi) is 4.64. The number of aliphatic hydroxyl groups excluding tert-OH is 1. The summed E-state index contributed by atoms with van der Waals surface area (Å²) >= 11 is 12.0. The Hall–Kier alpha value is -2.48. The second kappa shape index (κ2) is 7.26. The molecule has 2 amide bonds. The highest BCUT2D eigenvalue weighted by Crippen LogP contribution is 2.64. The zero-order chi connectivity index (χ0) is 23.0. The Morgan fingerprint density at radius 3 is 2.48 bits per heavy atom. The van der Waals surface area contributed by atoms with Crippen LogP contribution >= 0.6 is 23.2 Å². The van der Waals surface area contributed by atoms with Gasteiger partial charge in [-0.25, -0.2) is 4.79 Å². The Labute approximate surface area is 200 Å². The number of hydrogen-bond donors (Lipinski definition) is 2. The molecule has 3 aliphatic carbocycles. The van der Waals surface area contributed by atoms with E-state index in [-0.39, 0.29) is 35.6 Å². The average molecular weight is 489 g/mol. The van der Waals surface area contributed by atoms with E-state index in [1.54, 1.807) is 35.2 Å². The molecular formula is C24H22Cl2N2O5. The van der Waals surface area contributed by atoms with Gasteiger partial charge in [0.15, 0.2) is 6.10 Å². The monoisotopic (exact) mass is 488 g/mol. The summed E-state index contributed by atoms with van der Waals surface area (Å²) in [7, 11) is 0. The van der Waals surface area contributed by atoms with E-state index in [1.165, 1.54) is 0 Å². The summed E-state index contributed by atoms with van der Waals surface area (Å²) in [5.74, 6) is 0.228. The third kappa shape index (κ3) is 3.36. The first-order valence-corrected chi connectivity index (χ1v) is 11.7. The number of cyclic esters (lactones) is 1. The van der Waals surface area contributed by atoms with E-state index < -0.39 is 12.2 Å². The van der Waals surface area contributed by atoms with Crippen LogP contribution in [-0.2, 0) is 9.53 Å². The maximum atomic E-state index is 12.9. The molecule has 3 saturated carbocycles. The normalized spacial score (nSPS) is 33.8. The van der Waals surface area contributed by atoms with Crippen molar-refractivity contribution in [2.75, 3.05) is 6.54 Å². The number of carbonyl (C=O) groups excluding carboxylic acids is 2. The third-order valence-corrected chi connectivity index (χ3v) is 7.83. The lowest BCUT2D eigenvalue weighted by atomic mass is 9.43. The van der Waals surface area contributed by atoms with Crippen molar-refractivity contribution >= 4 is 35.2 Å². The molecule has 2 heterocycles. The molecule has 0 radical (unpaired) electrons. The lowest BCUT2D eigenvalue weighted by molar-refractivity contribution is -0.170. The van der Waals surface area contributed by atoms with Gasteiger partial charge in [0.25, 0.3) is 5.91 Å². The number of ether oxygens (including phenoxy) is 2. The van der Waals surface area contributed by atoms with Gasteiger partial charge < -0.3 is 19.9 Å². The third-order valence-electron chi connectivity index (χ3n) is 7.35. The summed E-state index contributed by atoms with van der Waals surface area (Å²) in [6.45, 7) is 0.488. The van der Waals surface area contributed by atoms with Crippen molar-refractivity contribution in [1.82, 2.24) is 10.2 Å². The number of carbonyl (C=O) groups is 2. The van der Waals surface area contributed by atoms with Crippen molar-refractivity contribution in [2.24, 2.45) is 0 Å². The van der Waals surface area contributed by atoms with E-state index in [2.05, 4.69) is 5.32 Å². The van der Waals surface area contributed by atoms with Gasteiger partial charge in [0, 0.05) is 27.6 Å². The van der Waals surface area contributed by atoms with Gasteiger partial charge in [-0.2, -0.15) is 0 Å². The molecule has 2 aromatic carbocycles. The molecule has 1 unspecified atom stereocenters. The molecule has 172 valence electrons. The van der Waals surface area contributed by atoms with Gasteiger partial charge in [-0.05, 0) is 55.2 Å². The fourth-order valence-corrected chi connectivity index (χ4v) is 6.08. The summed E-state index contributed by atoms with van der Waals surface area (Å²) in [4.78, 5) is 27.3. The van der Waals surface area contributed by atoms with Crippen LogP contribution in [0.3, 0.4) is 0 Å². The highest BCUT2D eigenvalue weighted by atomic mass is 35.5. The number of benzene rings is 2. The number of fused-ring (bicyclic) bond motifs is 1. The first kappa shape index (κ1) is 21.1. The number of halogens is 2. The molecule has 2 aromatic rings. The summed E-state index contributed by atoms with van der Waals surface area (Å²) < 4.78 is 11.4. The second-order valence-electron chi connectivity index (χ2n) is 9.60. The molecule has 3 atom stereocenters. The van der Waals surface area contributed by atoms with Crippen molar-refractivity contribution in [3.8, 4) is 5.75 Å². The fraction of sp³-hybridized carbons (Fsp3) is 0.417. The average Bonchev–Trinajstić information content (AvgIpc) is 3.11. The van der Waals surface area contributed by atoms with Crippen LogP contribution in [0.4, 0.5) is 4.79 Å². The van der Waals surface area contributed by atoms with Gasteiger partial charge >= 0.3 is 6.09 Å². The molecule has 2 N–H and O–H groups in total. The maximum absolute atomic E-state index is 12.9. The van der Waals surface area contributed by atoms with E-state index >= 15 is 0 Å². The minimum Gasteiger partial charge on any atom is -0.480 e. The molecular weight excluding hydrogens is 467 g/mol. The largest absolute Gasteiger partial charge is 0.480 e. The SMILES string of the molecule is O=C(NC12CC(N3CC(c4ccc(Cl)cc4)OC3=O)(C1)C2)[C@@H]1C[C@@H](O)c2cc(Cl)ccc2O1. The number of rotatable bonds is 4. The van der Waals surface area contributed by atoms with Crippen LogP contribution in [0.25, 0.3) is 0 Å². The number of nitrogens with one attached hydrogen (secondary N) is 1. The molecule has 4 fully saturated rings. The summed E-state index contributed by atoms with van der Waals surface area (Å²) in [6.07, 6.45) is 0.0165. The first-order chi connectivity index (χ1) is 15.8. The van der Waals surface area contributed by atoms with Gasteiger partial charge in [-0.1, -0.05) is 35.3 Å². The predicted octanol–water partition coefficient (Wildman–Crippen LogP) is 4.16. The van der Waals surface area contributed by atoms with Crippen molar-refractivity contribution < 1.29 is 24.2 Å². The molecule has 0 spiro atoms. The van der Waals surface area contributed by atoms with Crippen LogP contribution < -0.4 is 10.1 Å². The van der Waals surface area contributed by atoms with Gasteiger partial charge in [0.1, 0.15) is 11.9 Å². The molecule has 7 nitrogen and oxygen atoms in total. The van der Waals surface area contributed by atoms with Gasteiger partial charge in [-0.15, -0.1) is 0 Å². The van der Waals surface area contributed by atoms with E-state index in [0.29, 0.717) is 47.2 Å². The van der Waals surface area contributed by atoms with Crippen LogP contribution in [0.2, 0.25) is 10.0 Å². The van der Waals surface area contributed by atoms with Crippen LogP contribution in [0, 0.1) is 0 Å². The molecule has 1 saturated heterocycles. The second-order valence-corrected chi connectivity index (χ2v) is 10.5. The maximum Gasteiger partial charge on any atom is 0.411 e. The van der Waals surface area contributed by atoms with Crippen LogP contribution in [0.15, 0.2) is 42.5 Å². The van der Waals surface area contributed by atoms with Crippen LogP contribution in [0.5, 0.6) is 5.75 Å². The standard InChI is InChI=1S/C24H22Cl2N2O5/c25-14-3-1-13(2-4-14)20-9-28(22(31)33-20)24-10-23(11-24,12-24)27-21(30)19-8-17(29)16-7-15(26)5-6-18(16)32-19/h1-7,17,19-20,29H,8-12H2,(H,27,30)/t17-,19+,20?,23?,24?/m1/s1. The summed E-state index contributed by atoms with van der Waals surface area (Å²) in [5, 5.41) is 14.7. The zero-order valence-electron chi connectivity index (χ0n) is 17.6. The minimum atomic E-state index is -0.813. The van der Waals surface area contributed by atoms with Crippen molar-refractivity contribution in [3.63, 3.8) is 0 Å². The van der Waals surface area contributed by atoms with E-state index in [1.807, 2.05) is 12.1 Å². The topological polar surface area (TPSA) is 88.1 Å². The lowest BCUT2D eigenvalue weighted by Gasteiger charge is -2.72. The van der Waals surface area contributed by atoms with E-state index in [9.17, 15) is 14.7 Å². The van der Waals surface area contributed by atoms with Crippen molar-refractivity contribution in [3.05, 3.63) is 63.6 Å². The number of nitrogens with zero attached hydrogens (tertiary/aromatic N) is 1. The number of hydrogen-bond acceptors (Lipinski definition) is 5. The Morgan fingerprint density at radius 1 is 1.06 bits per heavy atom. The number of aliphatic hydroxyl groups is 1. The van der Waals surface area contributed by atoms with Crippen LogP contribution in [0.1, 0.15) is 49.0 Å². The molecule has 0 aromatic heterocycles. The molecule has 2 aliphatic heterocycles. The summed E-state index contributed by atoms with van der Waals surface area (Å²) in [6, 6.07) is 12.3. The Balaban J connectivity index is 1.08. The van der Waals surface area contributed by atoms with Crippen LogP contribution in [-0.4, -0.2) is 45.7 Å². The highest BCUT2D eigenvalue weighted by Gasteiger charge is 2.73. The zero-order valence-corrected chi connectivity index (χ0v) is 19.1. The molecule has 7 rings (SSSR count). The first-order valence-electron chi connectivity index (χ1n) is 11.0.